The van der Waals surface area contributed by atoms with Crippen LogP contribution in [0, 0.1) is 11.8 Å². The molecule has 1 aliphatic rings. The van der Waals surface area contributed by atoms with Gasteiger partial charge in [0.05, 0.1) is 6.10 Å². The highest BCUT2D eigenvalue weighted by atomic mass is 16.6. The lowest BCUT2D eigenvalue weighted by Gasteiger charge is -2.30. The summed E-state index contributed by atoms with van der Waals surface area (Å²) in [5.41, 5.74) is -0.465. The first-order chi connectivity index (χ1) is 7.35. The SMILES string of the molecule is CC(C)CCC(=O)OC1(C)CCC(O)C1C. The van der Waals surface area contributed by atoms with Crippen LogP contribution in [0.1, 0.15) is 53.4 Å². The molecule has 3 atom stereocenters. The van der Waals surface area contributed by atoms with Gasteiger partial charge in [-0.05, 0) is 32.1 Å². The van der Waals surface area contributed by atoms with E-state index in [4.69, 9.17) is 4.74 Å². The van der Waals surface area contributed by atoms with E-state index in [0.29, 0.717) is 12.3 Å². The highest BCUT2D eigenvalue weighted by molar-refractivity contribution is 5.70. The summed E-state index contributed by atoms with van der Waals surface area (Å²) in [5, 5.41) is 9.67. The van der Waals surface area contributed by atoms with Crippen LogP contribution in [0.4, 0.5) is 0 Å². The van der Waals surface area contributed by atoms with Crippen LogP contribution in [0.2, 0.25) is 0 Å². The van der Waals surface area contributed by atoms with Crippen molar-refractivity contribution in [2.45, 2.75) is 65.1 Å². The summed E-state index contributed by atoms with van der Waals surface area (Å²) >= 11 is 0. The molecule has 94 valence electrons. The maximum atomic E-state index is 11.7. The summed E-state index contributed by atoms with van der Waals surface area (Å²) in [5.74, 6) is 0.430. The Morgan fingerprint density at radius 2 is 2.19 bits per heavy atom. The topological polar surface area (TPSA) is 46.5 Å². The van der Waals surface area contributed by atoms with Crippen LogP contribution in [-0.4, -0.2) is 22.8 Å². The van der Waals surface area contributed by atoms with Crippen molar-refractivity contribution >= 4 is 5.97 Å². The standard InChI is InChI=1S/C13H24O3/c1-9(2)5-6-12(15)16-13(4)8-7-11(14)10(13)3/h9-11,14H,5-8H2,1-4H3. The Morgan fingerprint density at radius 3 is 2.62 bits per heavy atom. The zero-order valence-electron chi connectivity index (χ0n) is 10.8. The van der Waals surface area contributed by atoms with Gasteiger partial charge in [-0.2, -0.15) is 0 Å². The number of aliphatic hydroxyl groups excluding tert-OH is 1. The Hall–Kier alpha value is -0.570. The van der Waals surface area contributed by atoms with E-state index >= 15 is 0 Å². The van der Waals surface area contributed by atoms with Gasteiger partial charge in [-0.15, -0.1) is 0 Å². The van der Waals surface area contributed by atoms with E-state index in [0.717, 1.165) is 19.3 Å². The van der Waals surface area contributed by atoms with Crippen LogP contribution >= 0.6 is 0 Å². The van der Waals surface area contributed by atoms with Crippen molar-refractivity contribution in [2.75, 3.05) is 0 Å². The normalized spacial score (nSPS) is 34.4. The molecule has 1 aliphatic carbocycles. The molecule has 0 saturated heterocycles. The van der Waals surface area contributed by atoms with Crippen molar-refractivity contribution in [2.24, 2.45) is 11.8 Å². The van der Waals surface area contributed by atoms with Crippen LogP contribution in [-0.2, 0) is 9.53 Å². The fraction of sp³-hybridized carbons (Fsp3) is 0.923. The smallest absolute Gasteiger partial charge is 0.306 e. The second kappa shape index (κ2) is 5.17. The number of carbonyl (C=O) groups is 1. The van der Waals surface area contributed by atoms with E-state index in [1.165, 1.54) is 0 Å². The fourth-order valence-corrected chi connectivity index (χ4v) is 2.18. The van der Waals surface area contributed by atoms with Gasteiger partial charge in [-0.3, -0.25) is 4.79 Å². The van der Waals surface area contributed by atoms with E-state index < -0.39 is 5.60 Å². The van der Waals surface area contributed by atoms with Crippen molar-refractivity contribution < 1.29 is 14.6 Å². The van der Waals surface area contributed by atoms with Crippen LogP contribution < -0.4 is 0 Å². The van der Waals surface area contributed by atoms with E-state index in [1.807, 2.05) is 13.8 Å². The number of hydrogen-bond donors (Lipinski definition) is 1. The molecule has 0 aromatic carbocycles. The Balaban J connectivity index is 2.44. The van der Waals surface area contributed by atoms with Crippen molar-refractivity contribution in [3.8, 4) is 0 Å². The molecule has 0 heterocycles. The first-order valence-corrected chi connectivity index (χ1v) is 6.25. The molecule has 0 aromatic heterocycles. The second-order valence-corrected chi connectivity index (χ2v) is 5.61. The summed E-state index contributed by atoms with van der Waals surface area (Å²) in [6.45, 7) is 8.07. The van der Waals surface area contributed by atoms with Crippen LogP contribution in [0.25, 0.3) is 0 Å². The Kier molecular flexibility index (Phi) is 4.36. The van der Waals surface area contributed by atoms with Crippen molar-refractivity contribution in [1.29, 1.82) is 0 Å². The van der Waals surface area contributed by atoms with Crippen molar-refractivity contribution in [3.05, 3.63) is 0 Å². The molecular formula is C13H24O3. The van der Waals surface area contributed by atoms with E-state index in [9.17, 15) is 9.90 Å². The van der Waals surface area contributed by atoms with E-state index in [1.54, 1.807) is 0 Å². The van der Waals surface area contributed by atoms with E-state index in [2.05, 4.69) is 13.8 Å². The van der Waals surface area contributed by atoms with Gasteiger partial charge in [-0.25, -0.2) is 0 Å². The molecule has 1 N–H and O–H groups in total. The lowest BCUT2D eigenvalue weighted by Crippen LogP contribution is -2.37. The van der Waals surface area contributed by atoms with Gasteiger partial charge in [0.25, 0.3) is 0 Å². The van der Waals surface area contributed by atoms with Gasteiger partial charge in [0.1, 0.15) is 5.60 Å². The molecular weight excluding hydrogens is 204 g/mol. The Labute approximate surface area is 98.2 Å². The first-order valence-electron chi connectivity index (χ1n) is 6.25. The number of ether oxygens (including phenoxy) is 1. The predicted octanol–water partition coefficient (Wildman–Crippen LogP) is 2.52. The van der Waals surface area contributed by atoms with Crippen LogP contribution in [0.15, 0.2) is 0 Å². The molecule has 1 saturated carbocycles. The maximum absolute atomic E-state index is 11.7. The van der Waals surface area contributed by atoms with Gasteiger partial charge in [-0.1, -0.05) is 20.8 Å². The monoisotopic (exact) mass is 228 g/mol. The third-order valence-corrected chi connectivity index (χ3v) is 3.75. The van der Waals surface area contributed by atoms with Crippen molar-refractivity contribution in [3.63, 3.8) is 0 Å². The summed E-state index contributed by atoms with van der Waals surface area (Å²) in [4.78, 5) is 11.7. The zero-order chi connectivity index (χ0) is 12.3. The highest BCUT2D eigenvalue weighted by Crippen LogP contribution is 2.38. The molecule has 16 heavy (non-hydrogen) atoms. The van der Waals surface area contributed by atoms with Gasteiger partial charge < -0.3 is 9.84 Å². The first kappa shape index (κ1) is 13.5. The molecule has 3 unspecified atom stereocenters. The molecule has 0 amide bonds. The van der Waals surface area contributed by atoms with Gasteiger partial charge >= 0.3 is 5.97 Å². The lowest BCUT2D eigenvalue weighted by atomic mass is 9.93. The fourth-order valence-electron chi connectivity index (χ4n) is 2.18. The average Bonchev–Trinajstić information content (AvgIpc) is 2.44. The average molecular weight is 228 g/mol. The Morgan fingerprint density at radius 1 is 1.56 bits per heavy atom. The molecule has 0 radical (unpaired) electrons. The summed E-state index contributed by atoms with van der Waals surface area (Å²) in [6.07, 6.45) is 2.52. The largest absolute Gasteiger partial charge is 0.459 e. The molecule has 3 nitrogen and oxygen atoms in total. The molecule has 3 heteroatoms. The van der Waals surface area contributed by atoms with Crippen LogP contribution in [0.3, 0.4) is 0 Å². The number of carbonyl (C=O) groups excluding carboxylic acids is 1. The minimum Gasteiger partial charge on any atom is -0.459 e. The maximum Gasteiger partial charge on any atom is 0.306 e. The summed E-state index contributed by atoms with van der Waals surface area (Å²) in [6, 6.07) is 0. The highest BCUT2D eigenvalue weighted by Gasteiger charge is 2.44. The number of hydrogen-bond acceptors (Lipinski definition) is 3. The third-order valence-electron chi connectivity index (χ3n) is 3.75. The van der Waals surface area contributed by atoms with Crippen LogP contribution in [0.5, 0.6) is 0 Å². The predicted molar refractivity (Wildman–Crippen MR) is 63.0 cm³/mol. The molecule has 0 aliphatic heterocycles. The number of rotatable bonds is 4. The summed E-state index contributed by atoms with van der Waals surface area (Å²) < 4.78 is 5.53. The molecule has 0 spiro atoms. The Bertz CT molecular complexity index is 250. The lowest BCUT2D eigenvalue weighted by molar-refractivity contribution is -0.163. The number of esters is 1. The van der Waals surface area contributed by atoms with Gasteiger partial charge in [0.2, 0.25) is 0 Å². The molecule has 1 fully saturated rings. The minimum absolute atomic E-state index is 0.0375. The van der Waals surface area contributed by atoms with Gasteiger partial charge in [0, 0.05) is 12.3 Å². The van der Waals surface area contributed by atoms with E-state index in [-0.39, 0.29) is 18.0 Å². The quantitative estimate of drug-likeness (QED) is 0.752. The van der Waals surface area contributed by atoms with Crippen molar-refractivity contribution in [1.82, 2.24) is 0 Å². The zero-order valence-corrected chi connectivity index (χ0v) is 10.8. The molecule has 0 bridgehead atoms. The molecule has 1 rings (SSSR count). The minimum atomic E-state index is -0.465. The summed E-state index contributed by atoms with van der Waals surface area (Å²) in [7, 11) is 0. The number of aliphatic hydroxyl groups is 1. The molecule has 0 aromatic rings. The second-order valence-electron chi connectivity index (χ2n) is 5.61. The van der Waals surface area contributed by atoms with Gasteiger partial charge in [0.15, 0.2) is 0 Å². The third kappa shape index (κ3) is 3.21.